The van der Waals surface area contributed by atoms with Gasteiger partial charge in [-0.1, -0.05) is 12.1 Å². The van der Waals surface area contributed by atoms with Crippen LogP contribution in [0.15, 0.2) is 35.1 Å². The number of ether oxygens (including phenoxy) is 1. The molecule has 2 rings (SSSR count). The minimum atomic E-state index is -0.744. The molecule has 0 aliphatic rings. The number of amides is 1. The van der Waals surface area contributed by atoms with Crippen LogP contribution in [0.5, 0.6) is 0 Å². The molecule has 1 aromatic carbocycles. The number of aromatic amines is 1. The first-order valence-electron chi connectivity index (χ1n) is 8.01. The number of aromatic nitrogens is 2. The molecule has 1 heterocycles. The van der Waals surface area contributed by atoms with Crippen molar-refractivity contribution in [3.63, 3.8) is 0 Å². The average molecular weight is 355 g/mol. The van der Waals surface area contributed by atoms with Gasteiger partial charge < -0.3 is 15.8 Å². The van der Waals surface area contributed by atoms with Gasteiger partial charge >= 0.3 is 0 Å². The van der Waals surface area contributed by atoms with Gasteiger partial charge in [0.25, 0.3) is 5.56 Å². The SMILES string of the molecule is CC(C)(C)OC(CC(N)=O)Nc1nc(-c2ccc(C#N)cc2)cc(=O)[nH]1. The smallest absolute Gasteiger partial charge is 0.252 e. The molecule has 136 valence electrons. The van der Waals surface area contributed by atoms with Gasteiger partial charge in [-0.2, -0.15) is 5.26 Å². The topological polar surface area (TPSA) is 134 Å². The zero-order chi connectivity index (χ0) is 19.3. The molecule has 1 unspecified atom stereocenters. The summed E-state index contributed by atoms with van der Waals surface area (Å²) in [6.07, 6.45) is -0.825. The van der Waals surface area contributed by atoms with E-state index < -0.39 is 17.7 Å². The largest absolute Gasteiger partial charge is 0.370 e. The van der Waals surface area contributed by atoms with Crippen molar-refractivity contribution in [1.29, 1.82) is 5.26 Å². The van der Waals surface area contributed by atoms with Crippen molar-refractivity contribution >= 4 is 11.9 Å². The summed E-state index contributed by atoms with van der Waals surface area (Å²) in [4.78, 5) is 30.2. The van der Waals surface area contributed by atoms with Gasteiger partial charge in [-0.05, 0) is 32.9 Å². The van der Waals surface area contributed by atoms with Crippen molar-refractivity contribution < 1.29 is 9.53 Å². The van der Waals surface area contributed by atoms with E-state index in [1.165, 1.54) is 6.07 Å². The maximum Gasteiger partial charge on any atom is 0.252 e. The number of hydrogen-bond donors (Lipinski definition) is 3. The van der Waals surface area contributed by atoms with Crippen LogP contribution < -0.4 is 16.6 Å². The van der Waals surface area contributed by atoms with Gasteiger partial charge in [-0.25, -0.2) is 4.98 Å². The van der Waals surface area contributed by atoms with E-state index in [2.05, 4.69) is 15.3 Å². The lowest BCUT2D eigenvalue weighted by molar-refractivity contribution is -0.123. The number of nitrogens with zero attached hydrogens (tertiary/aromatic N) is 2. The Labute approximate surface area is 151 Å². The maximum absolute atomic E-state index is 12.0. The first-order valence-corrected chi connectivity index (χ1v) is 8.01. The van der Waals surface area contributed by atoms with Gasteiger partial charge in [-0.15, -0.1) is 0 Å². The standard InChI is InChI=1S/C18H21N5O3/c1-18(2,3)26-16(9-14(20)24)23-17-21-13(8-15(25)22-17)12-6-4-11(10-19)5-7-12/h4-8,16H,9H2,1-3H3,(H2,20,24)(H2,21,22,23,25). The van der Waals surface area contributed by atoms with Crippen LogP contribution in [0.2, 0.25) is 0 Å². The summed E-state index contributed by atoms with van der Waals surface area (Å²) in [5.74, 6) is -0.385. The van der Waals surface area contributed by atoms with Crippen LogP contribution in [0.1, 0.15) is 32.8 Å². The number of carbonyl (C=O) groups excluding carboxylic acids is 1. The van der Waals surface area contributed by atoms with Gasteiger partial charge in [0.1, 0.15) is 6.23 Å². The zero-order valence-corrected chi connectivity index (χ0v) is 14.9. The van der Waals surface area contributed by atoms with Crippen molar-refractivity contribution in [2.24, 2.45) is 5.73 Å². The third kappa shape index (κ3) is 5.72. The van der Waals surface area contributed by atoms with Crippen LogP contribution in [0, 0.1) is 11.3 Å². The minimum absolute atomic E-state index is 0.0813. The number of rotatable bonds is 6. The molecule has 0 saturated carbocycles. The Morgan fingerprint density at radius 1 is 1.38 bits per heavy atom. The van der Waals surface area contributed by atoms with Crippen molar-refractivity contribution in [3.05, 3.63) is 46.2 Å². The number of nitrogens with one attached hydrogen (secondary N) is 2. The van der Waals surface area contributed by atoms with Crippen molar-refractivity contribution in [2.45, 2.75) is 39.0 Å². The molecule has 0 aliphatic carbocycles. The van der Waals surface area contributed by atoms with E-state index in [1.54, 1.807) is 24.3 Å². The molecule has 0 spiro atoms. The number of primary amides is 1. The zero-order valence-electron chi connectivity index (χ0n) is 14.9. The molecule has 0 fully saturated rings. The van der Waals surface area contributed by atoms with Crippen LogP contribution >= 0.6 is 0 Å². The van der Waals surface area contributed by atoms with Gasteiger partial charge in [0.15, 0.2) is 0 Å². The highest BCUT2D eigenvalue weighted by Crippen LogP contribution is 2.19. The van der Waals surface area contributed by atoms with Crippen LogP contribution in [0.25, 0.3) is 11.3 Å². The van der Waals surface area contributed by atoms with Crippen molar-refractivity contribution in [3.8, 4) is 17.3 Å². The highest BCUT2D eigenvalue weighted by Gasteiger charge is 2.21. The number of H-pyrrole nitrogens is 1. The summed E-state index contributed by atoms with van der Waals surface area (Å²) in [6, 6.07) is 10.1. The third-order valence-corrected chi connectivity index (χ3v) is 3.23. The van der Waals surface area contributed by atoms with E-state index in [0.717, 1.165) is 0 Å². The molecule has 2 aromatic rings. The lowest BCUT2D eigenvalue weighted by Gasteiger charge is -2.27. The minimum Gasteiger partial charge on any atom is -0.370 e. The third-order valence-electron chi connectivity index (χ3n) is 3.23. The molecule has 0 bridgehead atoms. The number of benzene rings is 1. The van der Waals surface area contributed by atoms with E-state index in [1.807, 2.05) is 26.8 Å². The Balaban J connectivity index is 2.30. The highest BCUT2D eigenvalue weighted by molar-refractivity contribution is 5.74. The summed E-state index contributed by atoms with van der Waals surface area (Å²) in [5, 5.41) is 11.8. The first-order chi connectivity index (χ1) is 12.2. The second-order valence-corrected chi connectivity index (χ2v) is 6.70. The monoisotopic (exact) mass is 355 g/mol. The van der Waals surface area contributed by atoms with Gasteiger partial charge in [-0.3, -0.25) is 14.6 Å². The van der Waals surface area contributed by atoms with Crippen LogP contribution in [0.4, 0.5) is 5.95 Å². The van der Waals surface area contributed by atoms with Gasteiger partial charge in [0, 0.05) is 11.6 Å². The summed E-state index contributed by atoms with van der Waals surface area (Å²) < 4.78 is 5.76. The second-order valence-electron chi connectivity index (χ2n) is 6.70. The molecule has 1 atom stereocenters. The van der Waals surface area contributed by atoms with E-state index in [4.69, 9.17) is 15.7 Å². The molecule has 1 aromatic heterocycles. The normalized spacial score (nSPS) is 12.2. The summed E-state index contributed by atoms with van der Waals surface area (Å²) in [7, 11) is 0. The first kappa shape index (κ1) is 19.1. The lowest BCUT2D eigenvalue weighted by atomic mass is 10.1. The highest BCUT2D eigenvalue weighted by atomic mass is 16.5. The number of nitrogens with two attached hydrogens (primary N) is 1. The quantitative estimate of drug-likeness (QED) is 0.676. The van der Waals surface area contributed by atoms with E-state index in [0.29, 0.717) is 16.8 Å². The molecule has 1 amide bonds. The number of nitriles is 1. The van der Waals surface area contributed by atoms with Crippen LogP contribution in [-0.2, 0) is 9.53 Å². The van der Waals surface area contributed by atoms with Crippen LogP contribution in [0.3, 0.4) is 0 Å². The molecule has 8 nitrogen and oxygen atoms in total. The predicted molar refractivity (Wildman–Crippen MR) is 97.1 cm³/mol. The number of hydrogen-bond acceptors (Lipinski definition) is 6. The Morgan fingerprint density at radius 2 is 2.04 bits per heavy atom. The van der Waals surface area contributed by atoms with E-state index in [9.17, 15) is 9.59 Å². The number of carbonyl (C=O) groups is 1. The molecule has 0 radical (unpaired) electrons. The molecular weight excluding hydrogens is 334 g/mol. The van der Waals surface area contributed by atoms with Gasteiger partial charge in [0.2, 0.25) is 11.9 Å². The Bertz CT molecular complexity index is 875. The summed E-state index contributed by atoms with van der Waals surface area (Å²) >= 11 is 0. The molecular formula is C18H21N5O3. The molecule has 4 N–H and O–H groups in total. The Kier molecular flexibility index (Phi) is 5.75. The fourth-order valence-electron chi connectivity index (χ4n) is 2.27. The maximum atomic E-state index is 12.0. The fourth-order valence-corrected chi connectivity index (χ4v) is 2.27. The lowest BCUT2D eigenvalue weighted by Crippen LogP contribution is -2.37. The van der Waals surface area contributed by atoms with Crippen LogP contribution in [-0.4, -0.2) is 27.7 Å². The predicted octanol–water partition coefficient (Wildman–Crippen LogP) is 1.74. The van der Waals surface area contributed by atoms with E-state index in [-0.39, 0.29) is 17.9 Å². The average Bonchev–Trinajstić information content (AvgIpc) is 2.52. The Morgan fingerprint density at radius 3 is 2.58 bits per heavy atom. The number of anilines is 1. The fraction of sp³-hybridized carbons (Fsp3) is 0.333. The molecule has 0 aliphatic heterocycles. The Hall–Kier alpha value is -3.18. The molecule has 8 heteroatoms. The molecule has 26 heavy (non-hydrogen) atoms. The van der Waals surface area contributed by atoms with Gasteiger partial charge in [0.05, 0.1) is 29.3 Å². The second kappa shape index (κ2) is 7.80. The van der Waals surface area contributed by atoms with Crippen molar-refractivity contribution in [1.82, 2.24) is 9.97 Å². The summed E-state index contributed by atoms with van der Waals surface area (Å²) in [6.45, 7) is 5.52. The van der Waals surface area contributed by atoms with E-state index >= 15 is 0 Å². The summed E-state index contributed by atoms with van der Waals surface area (Å²) in [5.41, 5.74) is 5.99. The molecule has 0 saturated heterocycles. The van der Waals surface area contributed by atoms with Crippen molar-refractivity contribution in [2.75, 3.05) is 5.32 Å².